The lowest BCUT2D eigenvalue weighted by molar-refractivity contribution is -0.138. The van der Waals surface area contributed by atoms with Crippen LogP contribution in [0.15, 0.2) is 48.7 Å². The number of carbonyl (C=O) groups is 1. The van der Waals surface area contributed by atoms with Crippen LogP contribution in [-0.2, 0) is 4.79 Å². The van der Waals surface area contributed by atoms with Crippen LogP contribution < -0.4 is 0 Å². The molecule has 2 aromatic carbocycles. The van der Waals surface area contributed by atoms with Crippen molar-refractivity contribution in [3.05, 3.63) is 48.7 Å². The van der Waals surface area contributed by atoms with Crippen molar-refractivity contribution in [1.82, 2.24) is 19.7 Å². The zero-order valence-electron chi connectivity index (χ0n) is 15.6. The normalized spacial score (nSPS) is 13.3. The van der Waals surface area contributed by atoms with Crippen molar-refractivity contribution in [2.45, 2.75) is 33.2 Å². The maximum Gasteiger partial charge on any atom is 0.305 e. The number of hydrogen-bond donors (Lipinski definition) is 2. The van der Waals surface area contributed by atoms with Gasteiger partial charge in [-0.2, -0.15) is 5.10 Å². The number of carboxylic acid groups (broad SMARTS) is 1. The van der Waals surface area contributed by atoms with Gasteiger partial charge in [0.05, 0.1) is 35.2 Å². The Morgan fingerprint density at radius 3 is 2.74 bits per heavy atom. The number of aromatic nitrogens is 4. The Kier molecular flexibility index (Phi) is 3.98. The van der Waals surface area contributed by atoms with Gasteiger partial charge in [0, 0.05) is 10.9 Å². The number of rotatable bonds is 4. The van der Waals surface area contributed by atoms with E-state index >= 15 is 0 Å². The summed E-state index contributed by atoms with van der Waals surface area (Å²) >= 11 is 0. The van der Waals surface area contributed by atoms with Crippen molar-refractivity contribution in [1.29, 1.82) is 0 Å². The van der Waals surface area contributed by atoms with Crippen molar-refractivity contribution in [2.24, 2.45) is 5.41 Å². The third kappa shape index (κ3) is 3.07. The van der Waals surface area contributed by atoms with E-state index in [0.29, 0.717) is 0 Å². The van der Waals surface area contributed by atoms with E-state index in [-0.39, 0.29) is 17.9 Å². The van der Waals surface area contributed by atoms with Gasteiger partial charge in [0.2, 0.25) is 0 Å². The Balaban J connectivity index is 2.00. The minimum atomic E-state index is -0.817. The van der Waals surface area contributed by atoms with Gasteiger partial charge in [-0.15, -0.1) is 0 Å². The molecule has 0 saturated carbocycles. The molecule has 2 N–H and O–H groups in total. The highest BCUT2D eigenvalue weighted by Crippen LogP contribution is 2.39. The number of imidazole rings is 1. The standard InChI is InChI=1S/C21H22N4O2/c1-21(2,3)18(11-19(26)27)25-17-7-5-4-6-15(17)23-20(25)13-8-9-14-12-22-24-16(14)10-13/h4-10,12,18H,11H2,1-3H3,(H,22,24)(H,26,27). The molecule has 0 spiro atoms. The number of aliphatic carboxylic acids is 1. The molecule has 1 unspecified atom stereocenters. The Morgan fingerprint density at radius 2 is 2.00 bits per heavy atom. The molecule has 6 nitrogen and oxygen atoms in total. The number of H-pyrrole nitrogens is 1. The van der Waals surface area contributed by atoms with Gasteiger partial charge >= 0.3 is 5.97 Å². The molecule has 0 aliphatic carbocycles. The molecular formula is C21H22N4O2. The van der Waals surface area contributed by atoms with Crippen LogP contribution in [0.1, 0.15) is 33.2 Å². The van der Waals surface area contributed by atoms with Crippen LogP contribution in [0.2, 0.25) is 0 Å². The van der Waals surface area contributed by atoms with Crippen LogP contribution in [0.4, 0.5) is 0 Å². The van der Waals surface area contributed by atoms with Gasteiger partial charge in [0.25, 0.3) is 0 Å². The molecule has 2 heterocycles. The Labute approximate surface area is 156 Å². The van der Waals surface area contributed by atoms with Crippen LogP contribution >= 0.6 is 0 Å². The highest BCUT2D eigenvalue weighted by Gasteiger charge is 2.32. The summed E-state index contributed by atoms with van der Waals surface area (Å²) in [5, 5.41) is 17.7. The van der Waals surface area contributed by atoms with E-state index in [1.807, 2.05) is 42.5 Å². The van der Waals surface area contributed by atoms with Gasteiger partial charge in [-0.3, -0.25) is 9.89 Å². The molecule has 0 saturated heterocycles. The average molecular weight is 362 g/mol. The fourth-order valence-corrected chi connectivity index (χ4v) is 3.59. The van der Waals surface area contributed by atoms with E-state index in [2.05, 4.69) is 35.5 Å². The number of benzene rings is 2. The van der Waals surface area contributed by atoms with Gasteiger partial charge in [-0.1, -0.05) is 45.0 Å². The molecule has 4 rings (SSSR count). The Hall–Kier alpha value is -3.15. The highest BCUT2D eigenvalue weighted by atomic mass is 16.4. The first-order valence-corrected chi connectivity index (χ1v) is 8.97. The van der Waals surface area contributed by atoms with Gasteiger partial charge in [-0.05, 0) is 23.6 Å². The second-order valence-corrected chi connectivity index (χ2v) is 7.95. The summed E-state index contributed by atoms with van der Waals surface area (Å²) in [6, 6.07) is 13.7. The van der Waals surface area contributed by atoms with Crippen molar-refractivity contribution in [2.75, 3.05) is 0 Å². The number of fused-ring (bicyclic) bond motifs is 2. The van der Waals surface area contributed by atoms with E-state index in [4.69, 9.17) is 4.98 Å². The lowest BCUT2D eigenvalue weighted by atomic mass is 9.84. The maximum absolute atomic E-state index is 11.6. The molecule has 0 aliphatic rings. The smallest absolute Gasteiger partial charge is 0.305 e. The van der Waals surface area contributed by atoms with Crippen molar-refractivity contribution in [3.63, 3.8) is 0 Å². The van der Waals surface area contributed by atoms with E-state index in [1.165, 1.54) is 0 Å². The maximum atomic E-state index is 11.6. The van der Waals surface area contributed by atoms with E-state index in [9.17, 15) is 9.90 Å². The first kappa shape index (κ1) is 17.3. The SMILES string of the molecule is CC(C)(C)C(CC(=O)O)n1c(-c2ccc3cn[nH]c3c2)nc2ccccc21. The number of aromatic amines is 1. The average Bonchev–Trinajstić information content (AvgIpc) is 3.22. The van der Waals surface area contributed by atoms with Gasteiger partial charge in [-0.25, -0.2) is 4.98 Å². The molecule has 138 valence electrons. The number of nitrogens with zero attached hydrogens (tertiary/aromatic N) is 3. The predicted molar refractivity (Wildman–Crippen MR) is 106 cm³/mol. The Bertz CT molecular complexity index is 1130. The second-order valence-electron chi connectivity index (χ2n) is 7.95. The van der Waals surface area contributed by atoms with Crippen LogP contribution in [0.3, 0.4) is 0 Å². The molecule has 0 aliphatic heterocycles. The number of hydrogen-bond acceptors (Lipinski definition) is 3. The summed E-state index contributed by atoms with van der Waals surface area (Å²) in [6.45, 7) is 6.20. The summed E-state index contributed by atoms with van der Waals surface area (Å²) in [5.74, 6) is -0.0449. The van der Waals surface area contributed by atoms with Crippen molar-refractivity contribution in [3.8, 4) is 11.4 Å². The van der Waals surface area contributed by atoms with Crippen LogP contribution in [0, 0.1) is 5.41 Å². The van der Waals surface area contributed by atoms with Crippen molar-refractivity contribution < 1.29 is 9.90 Å². The summed E-state index contributed by atoms with van der Waals surface area (Å²) in [6.07, 6.45) is 1.81. The van der Waals surface area contributed by atoms with Crippen LogP contribution in [0.5, 0.6) is 0 Å². The summed E-state index contributed by atoms with van der Waals surface area (Å²) in [7, 11) is 0. The third-order valence-electron chi connectivity index (χ3n) is 4.98. The third-order valence-corrected chi connectivity index (χ3v) is 4.98. The molecule has 0 bridgehead atoms. The number of carboxylic acids is 1. The number of para-hydroxylation sites is 2. The van der Waals surface area contributed by atoms with Crippen molar-refractivity contribution >= 4 is 27.9 Å². The number of nitrogens with one attached hydrogen (secondary N) is 1. The zero-order chi connectivity index (χ0) is 19.2. The lowest BCUT2D eigenvalue weighted by Crippen LogP contribution is -2.27. The van der Waals surface area contributed by atoms with Gasteiger partial charge < -0.3 is 9.67 Å². The van der Waals surface area contributed by atoms with Crippen LogP contribution in [0.25, 0.3) is 33.3 Å². The molecule has 27 heavy (non-hydrogen) atoms. The minimum absolute atomic E-state index is 0.0309. The highest BCUT2D eigenvalue weighted by molar-refractivity contribution is 5.86. The zero-order valence-corrected chi connectivity index (χ0v) is 15.6. The lowest BCUT2D eigenvalue weighted by Gasteiger charge is -2.32. The molecule has 0 amide bonds. The summed E-state index contributed by atoms with van der Waals surface area (Å²) in [4.78, 5) is 16.5. The minimum Gasteiger partial charge on any atom is -0.481 e. The first-order chi connectivity index (χ1) is 12.8. The molecule has 4 aromatic rings. The molecule has 2 aromatic heterocycles. The molecular weight excluding hydrogens is 340 g/mol. The monoisotopic (exact) mass is 362 g/mol. The summed E-state index contributed by atoms with van der Waals surface area (Å²) in [5.41, 5.74) is 3.41. The van der Waals surface area contributed by atoms with E-state index in [0.717, 1.165) is 33.3 Å². The van der Waals surface area contributed by atoms with Crippen LogP contribution in [-0.4, -0.2) is 30.8 Å². The fourth-order valence-electron chi connectivity index (χ4n) is 3.59. The first-order valence-electron chi connectivity index (χ1n) is 8.97. The largest absolute Gasteiger partial charge is 0.481 e. The summed E-state index contributed by atoms with van der Waals surface area (Å²) < 4.78 is 2.08. The second kappa shape index (κ2) is 6.23. The quantitative estimate of drug-likeness (QED) is 0.554. The van der Waals surface area contributed by atoms with E-state index in [1.54, 1.807) is 6.20 Å². The predicted octanol–water partition coefficient (Wildman–Crippen LogP) is 4.64. The van der Waals surface area contributed by atoms with Gasteiger partial charge in [0.1, 0.15) is 5.82 Å². The van der Waals surface area contributed by atoms with E-state index < -0.39 is 5.97 Å². The topological polar surface area (TPSA) is 83.8 Å². The Morgan fingerprint density at radius 1 is 1.22 bits per heavy atom. The molecule has 0 radical (unpaired) electrons. The fraction of sp³-hybridized carbons (Fsp3) is 0.286. The molecule has 6 heteroatoms. The molecule has 0 fully saturated rings. The van der Waals surface area contributed by atoms with Gasteiger partial charge in [0.15, 0.2) is 0 Å². The molecule has 1 atom stereocenters.